The zero-order valence-electron chi connectivity index (χ0n) is 9.18. The van der Waals surface area contributed by atoms with Gasteiger partial charge < -0.3 is 10.4 Å². The standard InChI is InChI=1S/C11H12N4O2/c12-7-8-2-5-13-15-10(8)14-11(3-1-4-11)6-9(16)17/h2,5H,1,3-4,6H2,(H,14,15)(H,16,17). The molecule has 0 aliphatic heterocycles. The summed E-state index contributed by atoms with van der Waals surface area (Å²) in [6, 6.07) is 3.57. The van der Waals surface area contributed by atoms with Crippen LogP contribution in [0.15, 0.2) is 12.3 Å². The molecule has 2 N–H and O–H groups in total. The lowest BCUT2D eigenvalue weighted by Gasteiger charge is -2.41. The molecule has 1 aromatic rings. The quantitative estimate of drug-likeness (QED) is 0.808. The van der Waals surface area contributed by atoms with Crippen LogP contribution in [0, 0.1) is 11.3 Å². The molecule has 1 heterocycles. The van der Waals surface area contributed by atoms with Gasteiger partial charge in [-0.3, -0.25) is 4.79 Å². The summed E-state index contributed by atoms with van der Waals surface area (Å²) in [5, 5.41) is 28.4. The average Bonchev–Trinajstić information content (AvgIpc) is 2.26. The molecule has 1 aromatic heterocycles. The third-order valence-electron chi connectivity index (χ3n) is 3.03. The van der Waals surface area contributed by atoms with Crippen LogP contribution in [0.4, 0.5) is 5.82 Å². The monoisotopic (exact) mass is 232 g/mol. The van der Waals surface area contributed by atoms with E-state index in [2.05, 4.69) is 15.5 Å². The second-order valence-corrected chi connectivity index (χ2v) is 4.23. The number of aromatic nitrogens is 2. The summed E-state index contributed by atoms with van der Waals surface area (Å²) in [7, 11) is 0. The first-order valence-corrected chi connectivity index (χ1v) is 5.37. The lowest BCUT2D eigenvalue weighted by molar-refractivity contribution is -0.138. The zero-order valence-corrected chi connectivity index (χ0v) is 9.18. The van der Waals surface area contributed by atoms with Gasteiger partial charge in [0, 0.05) is 5.54 Å². The van der Waals surface area contributed by atoms with E-state index in [4.69, 9.17) is 10.4 Å². The van der Waals surface area contributed by atoms with Crippen molar-refractivity contribution in [3.8, 4) is 6.07 Å². The SMILES string of the molecule is N#Cc1ccnnc1NC1(CC(=O)O)CCC1. The Hall–Kier alpha value is -2.16. The fourth-order valence-corrected chi connectivity index (χ4v) is 2.00. The number of rotatable bonds is 4. The van der Waals surface area contributed by atoms with Gasteiger partial charge in [0.1, 0.15) is 6.07 Å². The Morgan fingerprint density at radius 1 is 1.65 bits per heavy atom. The molecular weight excluding hydrogens is 220 g/mol. The molecule has 2 rings (SSSR count). The second-order valence-electron chi connectivity index (χ2n) is 4.23. The largest absolute Gasteiger partial charge is 0.481 e. The molecule has 6 heteroatoms. The van der Waals surface area contributed by atoms with Crippen LogP contribution in [-0.2, 0) is 4.79 Å². The molecule has 0 bridgehead atoms. The number of anilines is 1. The first kappa shape index (κ1) is 11.3. The molecule has 88 valence electrons. The molecule has 0 radical (unpaired) electrons. The molecule has 1 aliphatic carbocycles. The zero-order chi connectivity index (χ0) is 12.3. The van der Waals surface area contributed by atoms with Crippen LogP contribution in [0.1, 0.15) is 31.2 Å². The van der Waals surface area contributed by atoms with Crippen molar-refractivity contribution in [2.24, 2.45) is 0 Å². The highest BCUT2D eigenvalue weighted by atomic mass is 16.4. The van der Waals surface area contributed by atoms with Crippen LogP contribution in [0.5, 0.6) is 0 Å². The molecule has 0 amide bonds. The highest BCUT2D eigenvalue weighted by molar-refractivity contribution is 5.70. The van der Waals surface area contributed by atoms with E-state index in [1.807, 2.05) is 6.07 Å². The lowest BCUT2D eigenvalue weighted by Crippen LogP contribution is -2.47. The summed E-state index contributed by atoms with van der Waals surface area (Å²) in [6.07, 6.45) is 4.02. The number of aliphatic carboxylic acids is 1. The number of nitrogens with one attached hydrogen (secondary N) is 1. The Kier molecular flexibility index (Phi) is 2.91. The number of hydrogen-bond acceptors (Lipinski definition) is 5. The molecule has 0 spiro atoms. The number of nitriles is 1. The first-order valence-electron chi connectivity index (χ1n) is 5.37. The smallest absolute Gasteiger partial charge is 0.305 e. The Morgan fingerprint density at radius 3 is 2.94 bits per heavy atom. The van der Waals surface area contributed by atoms with Crippen LogP contribution in [-0.4, -0.2) is 26.8 Å². The van der Waals surface area contributed by atoms with Crippen LogP contribution in [0.25, 0.3) is 0 Å². The minimum atomic E-state index is -0.848. The summed E-state index contributed by atoms with van der Waals surface area (Å²) >= 11 is 0. The molecule has 17 heavy (non-hydrogen) atoms. The number of carboxylic acids is 1. The molecule has 0 saturated heterocycles. The van der Waals surface area contributed by atoms with Crippen molar-refractivity contribution in [3.63, 3.8) is 0 Å². The maximum atomic E-state index is 10.8. The van der Waals surface area contributed by atoms with Gasteiger partial charge in [-0.1, -0.05) is 0 Å². The minimum Gasteiger partial charge on any atom is -0.481 e. The number of nitrogens with zero attached hydrogens (tertiary/aromatic N) is 3. The van der Waals surface area contributed by atoms with Gasteiger partial charge in [0.05, 0.1) is 18.2 Å². The van der Waals surface area contributed by atoms with E-state index >= 15 is 0 Å². The Labute approximate surface area is 98.3 Å². The van der Waals surface area contributed by atoms with E-state index in [-0.39, 0.29) is 6.42 Å². The third-order valence-corrected chi connectivity index (χ3v) is 3.03. The van der Waals surface area contributed by atoms with Gasteiger partial charge >= 0.3 is 5.97 Å². The molecular formula is C11H12N4O2. The van der Waals surface area contributed by atoms with Gasteiger partial charge in [-0.15, -0.1) is 5.10 Å². The Morgan fingerprint density at radius 2 is 2.41 bits per heavy atom. The van der Waals surface area contributed by atoms with Crippen molar-refractivity contribution in [2.75, 3.05) is 5.32 Å². The third kappa shape index (κ3) is 2.33. The molecule has 1 saturated carbocycles. The number of carboxylic acid groups (broad SMARTS) is 1. The second kappa shape index (κ2) is 4.37. The van der Waals surface area contributed by atoms with Crippen molar-refractivity contribution in [3.05, 3.63) is 17.8 Å². The van der Waals surface area contributed by atoms with E-state index in [0.29, 0.717) is 11.4 Å². The number of carbonyl (C=O) groups is 1. The fraction of sp³-hybridized carbons (Fsp3) is 0.455. The predicted octanol–water partition coefficient (Wildman–Crippen LogP) is 1.16. The molecule has 1 aliphatic rings. The van der Waals surface area contributed by atoms with Gasteiger partial charge in [-0.25, -0.2) is 0 Å². The Balaban J connectivity index is 2.19. The maximum Gasteiger partial charge on any atom is 0.305 e. The van der Waals surface area contributed by atoms with Gasteiger partial charge in [-0.05, 0) is 25.3 Å². The summed E-state index contributed by atoms with van der Waals surface area (Å²) in [5.41, 5.74) is -0.0790. The summed E-state index contributed by atoms with van der Waals surface area (Å²) in [6.45, 7) is 0. The minimum absolute atomic E-state index is 0.0362. The Bertz CT molecular complexity index is 477. The van der Waals surface area contributed by atoms with Crippen LogP contribution >= 0.6 is 0 Å². The van der Waals surface area contributed by atoms with Crippen LogP contribution < -0.4 is 5.32 Å². The predicted molar refractivity (Wildman–Crippen MR) is 59.2 cm³/mol. The lowest BCUT2D eigenvalue weighted by atomic mass is 9.74. The van der Waals surface area contributed by atoms with Crippen molar-refractivity contribution < 1.29 is 9.90 Å². The number of hydrogen-bond donors (Lipinski definition) is 2. The van der Waals surface area contributed by atoms with Gasteiger partial charge in [-0.2, -0.15) is 10.4 Å². The molecule has 0 atom stereocenters. The highest BCUT2D eigenvalue weighted by Gasteiger charge is 2.39. The van der Waals surface area contributed by atoms with E-state index in [9.17, 15) is 4.79 Å². The first-order chi connectivity index (χ1) is 8.15. The van der Waals surface area contributed by atoms with Crippen molar-refractivity contribution >= 4 is 11.8 Å². The normalized spacial score (nSPS) is 16.6. The maximum absolute atomic E-state index is 10.8. The molecule has 6 nitrogen and oxygen atoms in total. The van der Waals surface area contributed by atoms with E-state index < -0.39 is 11.5 Å². The average molecular weight is 232 g/mol. The van der Waals surface area contributed by atoms with Crippen molar-refractivity contribution in [1.82, 2.24) is 10.2 Å². The van der Waals surface area contributed by atoms with Crippen molar-refractivity contribution in [2.45, 2.75) is 31.2 Å². The summed E-state index contributed by atoms with van der Waals surface area (Å²) in [4.78, 5) is 10.8. The van der Waals surface area contributed by atoms with E-state index in [0.717, 1.165) is 19.3 Å². The topological polar surface area (TPSA) is 98.9 Å². The van der Waals surface area contributed by atoms with E-state index in [1.54, 1.807) is 6.07 Å². The van der Waals surface area contributed by atoms with Crippen molar-refractivity contribution in [1.29, 1.82) is 5.26 Å². The molecule has 0 aromatic carbocycles. The summed E-state index contributed by atoms with van der Waals surface area (Å²) < 4.78 is 0. The fourth-order valence-electron chi connectivity index (χ4n) is 2.00. The van der Waals surface area contributed by atoms with Crippen LogP contribution in [0.3, 0.4) is 0 Å². The summed E-state index contributed by atoms with van der Waals surface area (Å²) in [5.74, 6) is -0.476. The highest BCUT2D eigenvalue weighted by Crippen LogP contribution is 2.38. The van der Waals surface area contributed by atoms with Gasteiger partial charge in [0.25, 0.3) is 0 Å². The van der Waals surface area contributed by atoms with Crippen LogP contribution in [0.2, 0.25) is 0 Å². The van der Waals surface area contributed by atoms with Gasteiger partial charge in [0.15, 0.2) is 5.82 Å². The molecule has 0 unspecified atom stereocenters. The van der Waals surface area contributed by atoms with E-state index in [1.165, 1.54) is 6.20 Å². The van der Waals surface area contributed by atoms with Gasteiger partial charge in [0.2, 0.25) is 0 Å². The molecule has 1 fully saturated rings.